The Morgan fingerprint density at radius 2 is 1.83 bits per heavy atom. The minimum atomic E-state index is -0.224. The fourth-order valence-corrected chi connectivity index (χ4v) is 4.24. The van der Waals surface area contributed by atoms with E-state index in [2.05, 4.69) is 15.2 Å². The van der Waals surface area contributed by atoms with Gasteiger partial charge in [0.1, 0.15) is 0 Å². The topological polar surface area (TPSA) is 92.3 Å². The van der Waals surface area contributed by atoms with E-state index in [4.69, 9.17) is 14.0 Å². The number of fused-ring (bicyclic) bond motifs is 1. The number of ether oxygens (including phenoxy) is 2. The van der Waals surface area contributed by atoms with Crippen molar-refractivity contribution in [3.8, 4) is 40.2 Å². The number of nitrogens with zero attached hydrogens (tertiary/aromatic N) is 4. The fraction of sp³-hybridized carbons (Fsp3) is 0.154. The number of hydrogen-bond acceptors (Lipinski definition) is 8. The molecule has 0 bridgehead atoms. The van der Waals surface area contributed by atoms with Crippen molar-refractivity contribution in [1.29, 1.82) is 0 Å². The molecule has 3 aromatic carbocycles. The Morgan fingerprint density at radius 3 is 2.60 bits per heavy atom. The lowest BCUT2D eigenvalue weighted by Gasteiger charge is -2.10. The van der Waals surface area contributed by atoms with Crippen LogP contribution in [0, 0.1) is 0 Å². The summed E-state index contributed by atoms with van der Waals surface area (Å²) in [5.41, 5.74) is 1.56. The number of hydrogen-bond donors (Lipinski definition) is 0. The molecule has 176 valence electrons. The molecule has 0 atom stereocenters. The number of thioether (sulfide) groups is 1. The first-order valence-corrected chi connectivity index (χ1v) is 12.2. The molecule has 5 rings (SSSR count). The summed E-state index contributed by atoms with van der Waals surface area (Å²) in [5.74, 6) is 1.78. The average Bonchev–Trinajstić information content (AvgIpc) is 3.39. The smallest absolute Gasteiger partial charge is 0.279 e. The Bertz CT molecular complexity index is 1580. The van der Waals surface area contributed by atoms with E-state index in [9.17, 15) is 4.79 Å². The summed E-state index contributed by atoms with van der Waals surface area (Å²) in [6.07, 6.45) is 1.98. The van der Waals surface area contributed by atoms with Crippen LogP contribution in [0.15, 0.2) is 80.9 Å². The third-order valence-corrected chi connectivity index (χ3v) is 6.18. The molecule has 35 heavy (non-hydrogen) atoms. The van der Waals surface area contributed by atoms with Crippen molar-refractivity contribution in [2.24, 2.45) is 0 Å². The van der Waals surface area contributed by atoms with E-state index in [-0.39, 0.29) is 11.4 Å². The number of benzene rings is 3. The first kappa shape index (κ1) is 22.7. The summed E-state index contributed by atoms with van der Waals surface area (Å²) in [6, 6.07) is 20.3. The SMILES string of the molecule is CCOc1ccc(-c2noc(-c3nn(-c4cccc(SC)c4)c(=O)c4ccccc34)n2)cc1OC. The van der Waals surface area contributed by atoms with Gasteiger partial charge in [0.2, 0.25) is 5.82 Å². The quantitative estimate of drug-likeness (QED) is 0.289. The third kappa shape index (κ3) is 4.26. The van der Waals surface area contributed by atoms with Gasteiger partial charge in [-0.1, -0.05) is 29.4 Å². The maximum absolute atomic E-state index is 13.3. The molecule has 0 fully saturated rings. The van der Waals surface area contributed by atoms with Crippen molar-refractivity contribution in [2.75, 3.05) is 20.0 Å². The van der Waals surface area contributed by atoms with Gasteiger partial charge in [0, 0.05) is 15.8 Å². The zero-order valence-corrected chi connectivity index (χ0v) is 20.2. The summed E-state index contributed by atoms with van der Waals surface area (Å²) in [5, 5.41) is 9.95. The van der Waals surface area contributed by atoms with Gasteiger partial charge in [-0.05, 0) is 55.6 Å². The van der Waals surface area contributed by atoms with E-state index in [1.54, 1.807) is 37.1 Å². The second kappa shape index (κ2) is 9.63. The molecule has 5 aromatic rings. The second-order valence-electron chi connectivity index (χ2n) is 7.53. The molecule has 9 heteroatoms. The van der Waals surface area contributed by atoms with Crippen LogP contribution in [0.2, 0.25) is 0 Å². The Hall–Kier alpha value is -4.11. The highest BCUT2D eigenvalue weighted by Crippen LogP contribution is 2.33. The maximum atomic E-state index is 13.3. The lowest BCUT2D eigenvalue weighted by molar-refractivity contribution is 0.311. The molecular weight excluding hydrogens is 464 g/mol. The highest BCUT2D eigenvalue weighted by atomic mass is 32.2. The Kier molecular flexibility index (Phi) is 6.24. The van der Waals surface area contributed by atoms with Crippen LogP contribution in [0.1, 0.15) is 6.92 Å². The third-order valence-electron chi connectivity index (χ3n) is 5.45. The van der Waals surface area contributed by atoms with Crippen molar-refractivity contribution >= 4 is 22.5 Å². The molecular formula is C26H22N4O4S. The molecule has 2 aromatic heterocycles. The first-order chi connectivity index (χ1) is 17.1. The fourth-order valence-electron chi connectivity index (χ4n) is 3.78. The van der Waals surface area contributed by atoms with Crippen LogP contribution in [0.4, 0.5) is 0 Å². The largest absolute Gasteiger partial charge is 0.493 e. The van der Waals surface area contributed by atoms with Crippen molar-refractivity contribution < 1.29 is 14.0 Å². The van der Waals surface area contributed by atoms with Gasteiger partial charge in [-0.3, -0.25) is 4.79 Å². The molecule has 0 unspecified atom stereocenters. The van der Waals surface area contributed by atoms with E-state index >= 15 is 0 Å². The average molecular weight is 487 g/mol. The van der Waals surface area contributed by atoms with Crippen LogP contribution in [0.3, 0.4) is 0 Å². The van der Waals surface area contributed by atoms with Gasteiger partial charge >= 0.3 is 0 Å². The molecule has 0 aliphatic heterocycles. The minimum absolute atomic E-state index is 0.207. The highest BCUT2D eigenvalue weighted by Gasteiger charge is 2.20. The van der Waals surface area contributed by atoms with Crippen LogP contribution in [0.5, 0.6) is 11.5 Å². The Morgan fingerprint density at radius 1 is 1.00 bits per heavy atom. The monoisotopic (exact) mass is 486 g/mol. The molecule has 0 saturated heterocycles. The van der Waals surface area contributed by atoms with Crippen LogP contribution in [-0.4, -0.2) is 39.9 Å². The maximum Gasteiger partial charge on any atom is 0.279 e. The second-order valence-corrected chi connectivity index (χ2v) is 8.41. The summed E-state index contributed by atoms with van der Waals surface area (Å²) in [6.45, 7) is 2.43. The molecule has 0 radical (unpaired) electrons. The van der Waals surface area contributed by atoms with Crippen LogP contribution >= 0.6 is 11.8 Å². The van der Waals surface area contributed by atoms with Crippen molar-refractivity contribution in [3.05, 3.63) is 77.1 Å². The molecule has 8 nitrogen and oxygen atoms in total. The van der Waals surface area contributed by atoms with Gasteiger partial charge in [-0.25, -0.2) is 0 Å². The van der Waals surface area contributed by atoms with Gasteiger partial charge in [-0.15, -0.1) is 11.8 Å². The van der Waals surface area contributed by atoms with Gasteiger partial charge in [0.15, 0.2) is 17.2 Å². The summed E-state index contributed by atoms with van der Waals surface area (Å²) in [7, 11) is 1.58. The van der Waals surface area contributed by atoms with E-state index < -0.39 is 0 Å². The van der Waals surface area contributed by atoms with E-state index in [1.165, 1.54) is 4.68 Å². The van der Waals surface area contributed by atoms with Crippen molar-refractivity contribution in [1.82, 2.24) is 19.9 Å². The lowest BCUT2D eigenvalue weighted by atomic mass is 10.1. The van der Waals surface area contributed by atoms with E-state index in [1.807, 2.05) is 61.7 Å². The molecule has 2 heterocycles. The molecule has 0 spiro atoms. The zero-order valence-electron chi connectivity index (χ0n) is 19.4. The van der Waals surface area contributed by atoms with Crippen molar-refractivity contribution in [3.63, 3.8) is 0 Å². The molecule has 0 N–H and O–H groups in total. The van der Waals surface area contributed by atoms with Crippen molar-refractivity contribution in [2.45, 2.75) is 11.8 Å². The van der Waals surface area contributed by atoms with Crippen LogP contribution in [-0.2, 0) is 0 Å². The molecule has 0 amide bonds. The van der Waals surface area contributed by atoms with Crippen LogP contribution in [0.25, 0.3) is 39.4 Å². The zero-order chi connectivity index (χ0) is 24.4. The Balaban J connectivity index is 1.64. The predicted octanol–water partition coefficient (Wildman–Crippen LogP) is 5.23. The first-order valence-electron chi connectivity index (χ1n) is 10.9. The number of aromatic nitrogens is 4. The van der Waals surface area contributed by atoms with Gasteiger partial charge in [-0.2, -0.15) is 14.8 Å². The summed E-state index contributed by atoms with van der Waals surface area (Å²) in [4.78, 5) is 18.9. The lowest BCUT2D eigenvalue weighted by Crippen LogP contribution is -2.22. The molecule has 0 saturated carbocycles. The van der Waals surface area contributed by atoms with E-state index in [0.717, 1.165) is 4.90 Å². The normalized spacial score (nSPS) is 11.1. The summed E-state index contributed by atoms with van der Waals surface area (Å²) < 4.78 is 18.0. The van der Waals surface area contributed by atoms with Gasteiger partial charge in [0.05, 0.1) is 24.8 Å². The number of methoxy groups -OCH3 is 1. The van der Waals surface area contributed by atoms with Gasteiger partial charge < -0.3 is 14.0 Å². The van der Waals surface area contributed by atoms with E-state index in [0.29, 0.717) is 51.6 Å². The van der Waals surface area contributed by atoms with Crippen LogP contribution < -0.4 is 15.0 Å². The molecule has 0 aliphatic rings. The predicted molar refractivity (Wildman–Crippen MR) is 136 cm³/mol. The Labute approximate surface area is 205 Å². The van der Waals surface area contributed by atoms with Gasteiger partial charge in [0.25, 0.3) is 11.4 Å². The number of rotatable bonds is 7. The highest BCUT2D eigenvalue weighted by molar-refractivity contribution is 7.98. The minimum Gasteiger partial charge on any atom is -0.493 e. The standard InChI is InChI=1S/C26H22N4O4S/c1-4-33-21-13-12-16(14-22(21)32-2)24-27-25(34-29-24)23-19-10-5-6-11-20(19)26(31)30(28-23)17-8-7-9-18(15-17)35-3/h5-15H,4H2,1-3H3. The summed E-state index contributed by atoms with van der Waals surface area (Å²) >= 11 is 1.59. The molecule has 0 aliphatic carbocycles.